The number of rotatable bonds is 6. The van der Waals surface area contributed by atoms with Crippen molar-refractivity contribution in [1.29, 1.82) is 0 Å². The predicted octanol–water partition coefficient (Wildman–Crippen LogP) is 2.14. The van der Waals surface area contributed by atoms with E-state index in [4.69, 9.17) is 0 Å². The van der Waals surface area contributed by atoms with E-state index < -0.39 is 35.2 Å². The second-order valence-corrected chi connectivity index (χ2v) is 3.48. The van der Waals surface area contributed by atoms with Crippen molar-refractivity contribution >= 4 is 11.6 Å². The number of hydrogen-bond acceptors (Lipinski definition) is 3. The van der Waals surface area contributed by atoms with Crippen molar-refractivity contribution in [3.05, 3.63) is 35.4 Å². The zero-order chi connectivity index (χ0) is 12.8. The summed E-state index contributed by atoms with van der Waals surface area (Å²) in [6, 6.07) is 3.13. The van der Waals surface area contributed by atoms with Crippen LogP contribution in [0.3, 0.4) is 0 Å². The van der Waals surface area contributed by atoms with Crippen molar-refractivity contribution in [3.63, 3.8) is 0 Å². The van der Waals surface area contributed by atoms with Crippen LogP contribution < -0.4 is 0 Å². The maximum atomic E-state index is 13.2. The van der Waals surface area contributed by atoms with Gasteiger partial charge in [0.25, 0.3) is 0 Å². The maximum Gasteiger partial charge on any atom is 0.176 e. The number of carbonyl (C=O) groups excluding carboxylic acids is 2. The third-order valence-corrected chi connectivity index (χ3v) is 2.18. The second kappa shape index (κ2) is 6.20. The number of benzene rings is 1. The van der Waals surface area contributed by atoms with Gasteiger partial charge in [0.15, 0.2) is 5.78 Å². The lowest BCUT2D eigenvalue weighted by Crippen LogP contribution is -2.13. The fourth-order valence-electron chi connectivity index (χ4n) is 1.34. The van der Waals surface area contributed by atoms with Crippen LogP contribution in [0.15, 0.2) is 18.2 Å². The number of ether oxygens (including phenoxy) is 1. The summed E-state index contributed by atoms with van der Waals surface area (Å²) in [5.74, 6) is -3.15. The summed E-state index contributed by atoms with van der Waals surface area (Å²) in [5, 5.41) is 0. The molecule has 0 aliphatic heterocycles. The highest BCUT2D eigenvalue weighted by Crippen LogP contribution is 2.14. The van der Waals surface area contributed by atoms with E-state index >= 15 is 0 Å². The van der Waals surface area contributed by atoms with Crippen LogP contribution in [0.1, 0.15) is 23.2 Å². The summed E-state index contributed by atoms with van der Waals surface area (Å²) < 4.78 is 31.1. The molecule has 0 aromatic heterocycles. The van der Waals surface area contributed by atoms with E-state index in [1.165, 1.54) is 7.11 Å². The third kappa shape index (κ3) is 3.71. The Morgan fingerprint density at radius 2 is 1.82 bits per heavy atom. The molecule has 1 aromatic rings. The number of methoxy groups -OCH3 is 1. The number of Topliss-reactive ketones (excluding diaryl/α,β-unsaturated/α-hetero) is 2. The highest BCUT2D eigenvalue weighted by molar-refractivity contribution is 6.08. The van der Waals surface area contributed by atoms with Crippen molar-refractivity contribution in [3.8, 4) is 0 Å². The topological polar surface area (TPSA) is 43.4 Å². The first-order valence-corrected chi connectivity index (χ1v) is 5.04. The summed E-state index contributed by atoms with van der Waals surface area (Å²) in [6.45, 7) is 0.186. The Labute approximate surface area is 97.4 Å². The average Bonchev–Trinajstić information content (AvgIpc) is 2.26. The van der Waals surface area contributed by atoms with Crippen molar-refractivity contribution in [2.75, 3.05) is 13.7 Å². The second-order valence-electron chi connectivity index (χ2n) is 3.48. The van der Waals surface area contributed by atoms with Gasteiger partial charge in [0.05, 0.1) is 18.6 Å². The molecule has 0 saturated carbocycles. The third-order valence-electron chi connectivity index (χ3n) is 2.18. The van der Waals surface area contributed by atoms with Gasteiger partial charge in [-0.3, -0.25) is 9.59 Å². The van der Waals surface area contributed by atoms with Crippen LogP contribution in [0.2, 0.25) is 0 Å². The van der Waals surface area contributed by atoms with Gasteiger partial charge in [-0.1, -0.05) is 6.07 Å². The molecule has 5 heteroatoms. The first-order chi connectivity index (χ1) is 8.06. The number of hydrogen-bond donors (Lipinski definition) is 0. The van der Waals surface area contributed by atoms with Crippen molar-refractivity contribution in [2.24, 2.45) is 0 Å². The Balaban J connectivity index is 2.73. The van der Waals surface area contributed by atoms with Gasteiger partial charge in [-0.25, -0.2) is 8.78 Å². The van der Waals surface area contributed by atoms with Crippen LogP contribution in [-0.4, -0.2) is 25.3 Å². The smallest absolute Gasteiger partial charge is 0.176 e. The molecule has 0 fully saturated rings. The van der Waals surface area contributed by atoms with Gasteiger partial charge in [0.1, 0.15) is 17.4 Å². The van der Waals surface area contributed by atoms with E-state index in [1.807, 2.05) is 0 Å². The Bertz CT molecular complexity index is 410. The van der Waals surface area contributed by atoms with Crippen molar-refractivity contribution in [1.82, 2.24) is 0 Å². The van der Waals surface area contributed by atoms with E-state index in [0.717, 1.165) is 18.2 Å². The van der Waals surface area contributed by atoms with Gasteiger partial charge in [0.2, 0.25) is 0 Å². The number of carbonyl (C=O) groups is 2. The molecule has 17 heavy (non-hydrogen) atoms. The highest BCUT2D eigenvalue weighted by Gasteiger charge is 2.19. The molecule has 0 amide bonds. The Hall–Kier alpha value is -1.62. The largest absolute Gasteiger partial charge is 0.384 e. The van der Waals surface area contributed by atoms with Gasteiger partial charge >= 0.3 is 0 Å². The highest BCUT2D eigenvalue weighted by atomic mass is 19.1. The fourth-order valence-corrected chi connectivity index (χ4v) is 1.34. The van der Waals surface area contributed by atoms with E-state index in [0.29, 0.717) is 0 Å². The number of ketones is 2. The zero-order valence-corrected chi connectivity index (χ0v) is 9.33. The van der Waals surface area contributed by atoms with Crippen LogP contribution in [-0.2, 0) is 9.53 Å². The normalized spacial score (nSPS) is 10.3. The van der Waals surface area contributed by atoms with Gasteiger partial charge in [-0.15, -0.1) is 0 Å². The fraction of sp³-hybridized carbons (Fsp3) is 0.333. The molecule has 3 nitrogen and oxygen atoms in total. The summed E-state index contributed by atoms with van der Waals surface area (Å²) in [7, 11) is 1.42. The SMILES string of the molecule is COCCC(=O)CC(=O)c1c(F)cccc1F. The van der Waals surface area contributed by atoms with Gasteiger partial charge < -0.3 is 4.74 Å². The van der Waals surface area contributed by atoms with E-state index in [-0.39, 0.29) is 13.0 Å². The van der Waals surface area contributed by atoms with Crippen LogP contribution >= 0.6 is 0 Å². The molecule has 92 valence electrons. The predicted molar refractivity (Wildman–Crippen MR) is 56.8 cm³/mol. The molecule has 0 spiro atoms. The minimum atomic E-state index is -0.949. The quantitative estimate of drug-likeness (QED) is 0.567. The van der Waals surface area contributed by atoms with E-state index in [9.17, 15) is 18.4 Å². The zero-order valence-electron chi connectivity index (χ0n) is 9.33. The molecule has 1 aromatic carbocycles. The van der Waals surface area contributed by atoms with Crippen LogP contribution in [0, 0.1) is 11.6 Å². The first kappa shape index (κ1) is 13.4. The lowest BCUT2D eigenvalue weighted by atomic mass is 10.0. The maximum absolute atomic E-state index is 13.2. The lowest BCUT2D eigenvalue weighted by molar-refractivity contribution is -0.119. The van der Waals surface area contributed by atoms with Crippen LogP contribution in [0.25, 0.3) is 0 Å². The molecule has 1 rings (SSSR count). The molecule has 0 saturated heterocycles. The summed E-state index contributed by atoms with van der Waals surface area (Å²) in [5.41, 5.74) is -0.654. The Morgan fingerprint density at radius 1 is 1.24 bits per heavy atom. The van der Waals surface area contributed by atoms with Gasteiger partial charge in [-0.2, -0.15) is 0 Å². The molecular formula is C12H12F2O3. The monoisotopic (exact) mass is 242 g/mol. The van der Waals surface area contributed by atoms with E-state index in [1.54, 1.807) is 0 Å². The van der Waals surface area contributed by atoms with Gasteiger partial charge in [-0.05, 0) is 12.1 Å². The molecule has 0 N–H and O–H groups in total. The Morgan fingerprint density at radius 3 is 2.35 bits per heavy atom. The Kier molecular flexibility index (Phi) is 4.90. The first-order valence-electron chi connectivity index (χ1n) is 5.04. The standard InChI is InChI=1S/C12H12F2O3/c1-17-6-5-8(15)7-11(16)12-9(13)3-2-4-10(12)14/h2-4H,5-7H2,1H3. The molecule has 0 unspecified atom stereocenters. The van der Waals surface area contributed by atoms with Crippen molar-refractivity contribution < 1.29 is 23.1 Å². The molecule has 0 aliphatic carbocycles. The summed E-state index contributed by atoms with van der Waals surface area (Å²) in [4.78, 5) is 22.8. The molecule has 0 bridgehead atoms. The molecule has 0 atom stereocenters. The molecular weight excluding hydrogens is 230 g/mol. The van der Waals surface area contributed by atoms with Crippen LogP contribution in [0.5, 0.6) is 0 Å². The van der Waals surface area contributed by atoms with E-state index in [2.05, 4.69) is 4.74 Å². The van der Waals surface area contributed by atoms with Gasteiger partial charge in [0, 0.05) is 13.5 Å². The van der Waals surface area contributed by atoms with Crippen molar-refractivity contribution in [2.45, 2.75) is 12.8 Å². The average molecular weight is 242 g/mol. The summed E-state index contributed by atoms with van der Waals surface area (Å²) >= 11 is 0. The van der Waals surface area contributed by atoms with Crippen LogP contribution in [0.4, 0.5) is 8.78 Å². The summed E-state index contributed by atoms with van der Waals surface area (Å²) in [6.07, 6.45) is -0.459. The molecule has 0 radical (unpaired) electrons. The molecule has 0 aliphatic rings. The molecule has 0 heterocycles. The number of halogens is 2. The lowest BCUT2D eigenvalue weighted by Gasteiger charge is -2.03. The minimum absolute atomic E-state index is 0.0539. The minimum Gasteiger partial charge on any atom is -0.384 e.